The number of aromatic nitrogens is 3. The summed E-state index contributed by atoms with van der Waals surface area (Å²) in [7, 11) is 1.59. The van der Waals surface area contributed by atoms with Crippen molar-refractivity contribution < 1.29 is 13.9 Å². The molecule has 4 aromatic rings. The Morgan fingerprint density at radius 1 is 1.20 bits per heavy atom. The van der Waals surface area contributed by atoms with Gasteiger partial charge in [-0.25, -0.2) is 9.37 Å². The number of nitrogens with one attached hydrogen (secondary N) is 2. The molecule has 2 N–H and O–H groups in total. The molecule has 2 aromatic heterocycles. The zero-order valence-electron chi connectivity index (χ0n) is 16.3. The molecule has 0 bridgehead atoms. The quantitative estimate of drug-likeness (QED) is 0.454. The number of H-pyrrole nitrogens is 1. The zero-order valence-corrected chi connectivity index (χ0v) is 17.0. The highest BCUT2D eigenvalue weighted by atomic mass is 35.5. The van der Waals surface area contributed by atoms with Gasteiger partial charge in [-0.3, -0.25) is 9.78 Å². The highest BCUT2D eigenvalue weighted by Gasteiger charge is 2.15. The van der Waals surface area contributed by atoms with Crippen LogP contribution in [0.15, 0.2) is 48.5 Å². The van der Waals surface area contributed by atoms with Gasteiger partial charge in [0.25, 0.3) is 5.91 Å². The van der Waals surface area contributed by atoms with Gasteiger partial charge >= 0.3 is 0 Å². The number of aromatic amines is 1. The molecule has 4 rings (SSSR count). The Bertz CT molecular complexity index is 1260. The number of para-hydroxylation sites is 1. The average Bonchev–Trinajstić information content (AvgIpc) is 3.19. The van der Waals surface area contributed by atoms with Crippen LogP contribution in [0.2, 0.25) is 5.02 Å². The van der Waals surface area contributed by atoms with Crippen molar-refractivity contribution in [1.29, 1.82) is 0 Å². The van der Waals surface area contributed by atoms with E-state index in [9.17, 15) is 9.18 Å². The van der Waals surface area contributed by atoms with Crippen molar-refractivity contribution in [1.82, 2.24) is 15.0 Å². The van der Waals surface area contributed by atoms with E-state index in [-0.39, 0.29) is 11.6 Å². The molecule has 0 fully saturated rings. The summed E-state index contributed by atoms with van der Waals surface area (Å²) >= 11 is 6.39. The fourth-order valence-corrected chi connectivity index (χ4v) is 3.42. The van der Waals surface area contributed by atoms with Gasteiger partial charge in [0.2, 0.25) is 0 Å². The maximum absolute atomic E-state index is 12.8. The number of benzene rings is 2. The predicted molar refractivity (Wildman–Crippen MR) is 115 cm³/mol. The predicted octanol–water partition coefficient (Wildman–Crippen LogP) is 5.32. The van der Waals surface area contributed by atoms with Gasteiger partial charge in [0.05, 0.1) is 34.6 Å². The number of nitrogens with zero attached hydrogens (tertiary/aromatic N) is 2. The first-order chi connectivity index (χ1) is 14.5. The highest BCUT2D eigenvalue weighted by molar-refractivity contribution is 6.33. The maximum Gasteiger partial charge on any atom is 0.257 e. The third kappa shape index (κ3) is 3.71. The number of anilines is 1. The molecule has 0 radical (unpaired) electrons. The lowest BCUT2D eigenvalue weighted by molar-refractivity contribution is 0.102. The van der Waals surface area contributed by atoms with E-state index in [1.165, 1.54) is 6.07 Å². The SMILES string of the molecule is COc1cccc2[nH]c(-c3cc(NC(=O)c4ccc(CF)nc4C)ccc3Cl)nc12. The third-order valence-electron chi connectivity index (χ3n) is 4.70. The summed E-state index contributed by atoms with van der Waals surface area (Å²) in [6.45, 7) is 0.995. The van der Waals surface area contributed by atoms with E-state index in [1.807, 2.05) is 18.2 Å². The molecule has 0 unspecified atom stereocenters. The van der Waals surface area contributed by atoms with Gasteiger partial charge in [-0.15, -0.1) is 0 Å². The lowest BCUT2D eigenvalue weighted by Crippen LogP contribution is -2.14. The molecular weight excluding hydrogens is 407 g/mol. The van der Waals surface area contributed by atoms with E-state index in [4.69, 9.17) is 16.3 Å². The van der Waals surface area contributed by atoms with Crippen LogP contribution in [0.5, 0.6) is 5.75 Å². The summed E-state index contributed by atoms with van der Waals surface area (Å²) in [5.74, 6) is 0.862. The van der Waals surface area contributed by atoms with E-state index in [0.717, 1.165) is 5.52 Å². The summed E-state index contributed by atoms with van der Waals surface area (Å²) in [5.41, 5.74) is 3.80. The van der Waals surface area contributed by atoms with Gasteiger partial charge in [-0.2, -0.15) is 0 Å². The minimum absolute atomic E-state index is 0.290. The van der Waals surface area contributed by atoms with Crippen LogP contribution in [0, 0.1) is 6.92 Å². The van der Waals surface area contributed by atoms with E-state index < -0.39 is 6.67 Å². The monoisotopic (exact) mass is 424 g/mol. The number of amides is 1. The fourth-order valence-electron chi connectivity index (χ4n) is 3.21. The number of carbonyl (C=O) groups excluding carboxylic acids is 1. The average molecular weight is 425 g/mol. The molecule has 6 nitrogen and oxygen atoms in total. The molecule has 8 heteroatoms. The summed E-state index contributed by atoms with van der Waals surface area (Å²) in [5, 5.41) is 3.32. The van der Waals surface area contributed by atoms with Crippen LogP contribution in [0.1, 0.15) is 21.7 Å². The number of halogens is 2. The molecule has 0 saturated carbocycles. The molecule has 0 aliphatic carbocycles. The first-order valence-electron chi connectivity index (χ1n) is 9.16. The molecule has 152 valence electrons. The van der Waals surface area contributed by atoms with E-state index >= 15 is 0 Å². The number of rotatable bonds is 5. The van der Waals surface area contributed by atoms with Crippen molar-refractivity contribution in [2.24, 2.45) is 0 Å². The van der Waals surface area contributed by atoms with Crippen molar-refractivity contribution in [3.05, 3.63) is 70.5 Å². The van der Waals surface area contributed by atoms with Crippen LogP contribution in [-0.4, -0.2) is 28.0 Å². The van der Waals surface area contributed by atoms with Crippen molar-refractivity contribution in [3.63, 3.8) is 0 Å². The fraction of sp³-hybridized carbons (Fsp3) is 0.136. The first-order valence-corrected chi connectivity index (χ1v) is 9.54. The minimum atomic E-state index is -0.675. The molecule has 1 amide bonds. The second-order valence-electron chi connectivity index (χ2n) is 6.66. The van der Waals surface area contributed by atoms with Crippen molar-refractivity contribution in [2.45, 2.75) is 13.6 Å². The molecule has 2 aromatic carbocycles. The molecule has 0 aliphatic heterocycles. The van der Waals surface area contributed by atoms with Crippen molar-refractivity contribution in [3.8, 4) is 17.1 Å². The Labute approximate surface area is 177 Å². The van der Waals surface area contributed by atoms with Crippen LogP contribution in [0.4, 0.5) is 10.1 Å². The Kier molecular flexibility index (Phi) is 5.37. The minimum Gasteiger partial charge on any atom is -0.494 e. The number of methoxy groups -OCH3 is 1. The lowest BCUT2D eigenvalue weighted by Gasteiger charge is -2.10. The third-order valence-corrected chi connectivity index (χ3v) is 5.03. The largest absolute Gasteiger partial charge is 0.494 e. The van der Waals surface area contributed by atoms with E-state index in [0.29, 0.717) is 44.6 Å². The number of pyridine rings is 1. The normalized spacial score (nSPS) is 10.9. The second-order valence-corrected chi connectivity index (χ2v) is 7.07. The van der Waals surface area contributed by atoms with Gasteiger partial charge in [-0.05, 0) is 49.4 Å². The first kappa shape index (κ1) is 19.8. The van der Waals surface area contributed by atoms with Crippen molar-refractivity contribution >= 4 is 34.2 Å². The molecule has 0 spiro atoms. The van der Waals surface area contributed by atoms with Crippen LogP contribution < -0.4 is 10.1 Å². The Morgan fingerprint density at radius 2 is 2.03 bits per heavy atom. The molecule has 2 heterocycles. The number of fused-ring (bicyclic) bond motifs is 1. The summed E-state index contributed by atoms with van der Waals surface area (Å²) in [4.78, 5) is 24.6. The lowest BCUT2D eigenvalue weighted by atomic mass is 10.1. The maximum atomic E-state index is 12.8. The number of imidazole rings is 1. The van der Waals surface area contributed by atoms with E-state index in [2.05, 4.69) is 20.3 Å². The Morgan fingerprint density at radius 3 is 2.77 bits per heavy atom. The number of hydrogen-bond donors (Lipinski definition) is 2. The topological polar surface area (TPSA) is 79.9 Å². The van der Waals surface area contributed by atoms with E-state index in [1.54, 1.807) is 38.3 Å². The highest BCUT2D eigenvalue weighted by Crippen LogP contribution is 2.32. The number of alkyl halides is 1. The number of carbonyl (C=O) groups is 1. The number of hydrogen-bond acceptors (Lipinski definition) is 4. The van der Waals surface area contributed by atoms with Gasteiger partial charge < -0.3 is 15.0 Å². The molecule has 0 aliphatic rings. The smallest absolute Gasteiger partial charge is 0.257 e. The van der Waals surface area contributed by atoms with Gasteiger partial charge in [0.15, 0.2) is 0 Å². The summed E-state index contributed by atoms with van der Waals surface area (Å²) in [6, 6.07) is 13.8. The van der Waals surface area contributed by atoms with Gasteiger partial charge in [0.1, 0.15) is 23.8 Å². The Hall–Kier alpha value is -3.45. The summed E-state index contributed by atoms with van der Waals surface area (Å²) < 4.78 is 18.1. The van der Waals surface area contributed by atoms with Crippen LogP contribution in [0.3, 0.4) is 0 Å². The molecule has 30 heavy (non-hydrogen) atoms. The zero-order chi connectivity index (χ0) is 21.3. The van der Waals surface area contributed by atoms with Gasteiger partial charge in [0, 0.05) is 11.3 Å². The Balaban J connectivity index is 1.66. The molecule has 0 saturated heterocycles. The second kappa shape index (κ2) is 8.12. The molecular formula is C22H18ClFN4O2. The number of aryl methyl sites for hydroxylation is 1. The van der Waals surface area contributed by atoms with Crippen LogP contribution in [0.25, 0.3) is 22.4 Å². The standard InChI is InChI=1S/C22H18ClFN4O2/c1-12-15(8-6-14(11-24)25-12)22(29)26-13-7-9-17(23)16(10-13)21-27-18-4-3-5-19(30-2)20(18)28-21/h3-10H,11H2,1-2H3,(H,26,29)(H,27,28). The van der Waals surface area contributed by atoms with Crippen molar-refractivity contribution in [2.75, 3.05) is 12.4 Å². The molecule has 0 atom stereocenters. The summed E-state index contributed by atoms with van der Waals surface area (Å²) in [6.07, 6.45) is 0. The van der Waals surface area contributed by atoms with Gasteiger partial charge in [-0.1, -0.05) is 17.7 Å². The number of ether oxygens (including phenoxy) is 1. The van der Waals surface area contributed by atoms with Crippen LogP contribution >= 0.6 is 11.6 Å². The van der Waals surface area contributed by atoms with Crippen LogP contribution in [-0.2, 0) is 6.67 Å².